The maximum absolute atomic E-state index is 12.7. The van der Waals surface area contributed by atoms with E-state index in [1.54, 1.807) is 24.3 Å². The van der Waals surface area contributed by atoms with Crippen LogP contribution in [0.4, 0.5) is 0 Å². The predicted octanol–water partition coefficient (Wildman–Crippen LogP) is 3.28. The average molecular weight is 310 g/mol. The van der Waals surface area contributed by atoms with E-state index in [-0.39, 0.29) is 17.4 Å². The molecule has 4 nitrogen and oxygen atoms in total. The summed E-state index contributed by atoms with van der Waals surface area (Å²) < 4.78 is 1.39. The van der Waals surface area contributed by atoms with E-state index < -0.39 is 0 Å². The largest absolute Gasteiger partial charge is 0.278 e. The molecule has 108 valence electrons. The molecule has 0 atom stereocenters. The molecule has 0 fully saturated rings. The van der Waals surface area contributed by atoms with Gasteiger partial charge in [0.2, 0.25) is 5.28 Å². The van der Waals surface area contributed by atoms with Gasteiger partial charge in [-0.2, -0.15) is 5.26 Å². The van der Waals surface area contributed by atoms with Crippen LogP contribution in [0.15, 0.2) is 47.3 Å². The zero-order valence-corrected chi connectivity index (χ0v) is 12.6. The minimum Gasteiger partial charge on any atom is -0.278 e. The lowest BCUT2D eigenvalue weighted by atomic mass is 10.1. The molecule has 1 aromatic heterocycles. The summed E-state index contributed by atoms with van der Waals surface area (Å²) in [5.74, 6) is 0. The van der Waals surface area contributed by atoms with Gasteiger partial charge >= 0.3 is 0 Å². The molecule has 0 saturated carbocycles. The Morgan fingerprint density at radius 1 is 1.27 bits per heavy atom. The fourth-order valence-corrected chi connectivity index (χ4v) is 2.61. The van der Waals surface area contributed by atoms with Crippen molar-refractivity contribution in [1.29, 1.82) is 5.26 Å². The molecule has 3 aromatic rings. The molecule has 22 heavy (non-hydrogen) atoms. The lowest BCUT2D eigenvalue weighted by molar-refractivity contribution is 0.748. The summed E-state index contributed by atoms with van der Waals surface area (Å²) in [6.07, 6.45) is 0. The molecule has 0 aliphatic heterocycles. The highest BCUT2D eigenvalue weighted by atomic mass is 35.5. The van der Waals surface area contributed by atoms with Crippen LogP contribution in [0.3, 0.4) is 0 Å². The van der Waals surface area contributed by atoms with E-state index >= 15 is 0 Å². The van der Waals surface area contributed by atoms with Crippen LogP contribution in [0.5, 0.6) is 0 Å². The third-order valence-corrected chi connectivity index (χ3v) is 3.82. The predicted molar refractivity (Wildman–Crippen MR) is 86.0 cm³/mol. The Labute approximate surface area is 132 Å². The van der Waals surface area contributed by atoms with Crippen molar-refractivity contribution in [2.24, 2.45) is 0 Å². The fourth-order valence-electron chi connectivity index (χ4n) is 2.38. The molecule has 0 aliphatic rings. The standard InChI is InChI=1S/C17H12ClN3O/c1-11-6-7-15-14(8-11)16(22)21(17(18)20-15)10-13-5-3-2-4-12(13)9-19/h2-8H,10H2,1H3. The van der Waals surface area contributed by atoms with E-state index in [1.165, 1.54) is 4.57 Å². The van der Waals surface area contributed by atoms with E-state index in [4.69, 9.17) is 16.9 Å². The third kappa shape index (κ3) is 2.47. The molecule has 0 unspecified atom stereocenters. The second-order valence-electron chi connectivity index (χ2n) is 5.06. The molecule has 0 aliphatic carbocycles. The summed E-state index contributed by atoms with van der Waals surface area (Å²) in [6, 6.07) is 14.7. The number of hydrogen-bond donors (Lipinski definition) is 0. The van der Waals surface area contributed by atoms with E-state index in [9.17, 15) is 4.79 Å². The Kier molecular flexibility index (Phi) is 3.66. The lowest BCUT2D eigenvalue weighted by Gasteiger charge is -2.10. The molecule has 0 spiro atoms. The van der Waals surface area contributed by atoms with Crippen LogP contribution in [-0.4, -0.2) is 9.55 Å². The molecule has 0 amide bonds. The zero-order chi connectivity index (χ0) is 15.7. The number of hydrogen-bond acceptors (Lipinski definition) is 3. The number of aryl methyl sites for hydroxylation is 1. The van der Waals surface area contributed by atoms with Crippen molar-refractivity contribution in [3.05, 3.63) is 74.8 Å². The summed E-state index contributed by atoms with van der Waals surface area (Å²) in [7, 11) is 0. The third-order valence-electron chi connectivity index (χ3n) is 3.53. The fraction of sp³-hybridized carbons (Fsp3) is 0.118. The van der Waals surface area contributed by atoms with Gasteiger partial charge in [0.25, 0.3) is 5.56 Å². The smallest absolute Gasteiger partial charge is 0.262 e. The van der Waals surface area contributed by atoms with E-state index in [0.717, 1.165) is 11.1 Å². The van der Waals surface area contributed by atoms with Crippen LogP contribution < -0.4 is 5.56 Å². The first-order valence-electron chi connectivity index (χ1n) is 6.75. The van der Waals surface area contributed by atoms with Crippen LogP contribution in [0, 0.1) is 18.3 Å². The van der Waals surface area contributed by atoms with Gasteiger partial charge in [0.15, 0.2) is 0 Å². The first-order valence-corrected chi connectivity index (χ1v) is 7.12. The molecule has 2 aromatic carbocycles. The van der Waals surface area contributed by atoms with Crippen molar-refractivity contribution in [1.82, 2.24) is 9.55 Å². The van der Waals surface area contributed by atoms with Crippen molar-refractivity contribution in [2.45, 2.75) is 13.5 Å². The van der Waals surface area contributed by atoms with Gasteiger partial charge in [-0.25, -0.2) is 4.98 Å². The number of fused-ring (bicyclic) bond motifs is 1. The lowest BCUT2D eigenvalue weighted by Crippen LogP contribution is -2.23. The van der Waals surface area contributed by atoms with Crippen LogP contribution in [0.25, 0.3) is 10.9 Å². The first-order chi connectivity index (χ1) is 10.6. The topological polar surface area (TPSA) is 58.7 Å². The van der Waals surface area contributed by atoms with Crippen molar-refractivity contribution in [3.63, 3.8) is 0 Å². The van der Waals surface area contributed by atoms with Crippen molar-refractivity contribution < 1.29 is 0 Å². The summed E-state index contributed by atoms with van der Waals surface area (Å²) >= 11 is 6.16. The Morgan fingerprint density at radius 3 is 2.82 bits per heavy atom. The quantitative estimate of drug-likeness (QED) is 0.683. The molecule has 5 heteroatoms. The minimum atomic E-state index is -0.202. The number of benzene rings is 2. The number of nitrogens with zero attached hydrogens (tertiary/aromatic N) is 3. The highest BCUT2D eigenvalue weighted by molar-refractivity contribution is 6.28. The van der Waals surface area contributed by atoms with Crippen molar-refractivity contribution in [2.75, 3.05) is 0 Å². The number of nitriles is 1. The van der Waals surface area contributed by atoms with Crippen molar-refractivity contribution >= 4 is 22.5 Å². The number of rotatable bonds is 2. The van der Waals surface area contributed by atoms with Crippen molar-refractivity contribution in [3.8, 4) is 6.07 Å². The summed E-state index contributed by atoms with van der Waals surface area (Å²) in [6.45, 7) is 2.14. The molecular formula is C17H12ClN3O. The second-order valence-corrected chi connectivity index (χ2v) is 5.40. The molecule has 0 saturated heterocycles. The SMILES string of the molecule is Cc1ccc2nc(Cl)n(Cc3ccccc3C#N)c(=O)c2c1. The maximum atomic E-state index is 12.7. The Morgan fingerprint density at radius 2 is 2.05 bits per heavy atom. The van der Waals surface area contributed by atoms with Gasteiger partial charge in [-0.3, -0.25) is 9.36 Å². The second kappa shape index (κ2) is 5.63. The summed E-state index contributed by atoms with van der Waals surface area (Å²) in [5.41, 5.74) is 2.62. The molecule has 0 N–H and O–H groups in total. The van der Waals surface area contributed by atoms with Gasteiger partial charge in [-0.05, 0) is 42.3 Å². The van der Waals surface area contributed by atoms with Crippen LogP contribution in [0.1, 0.15) is 16.7 Å². The van der Waals surface area contributed by atoms with Gasteiger partial charge in [-0.15, -0.1) is 0 Å². The highest BCUT2D eigenvalue weighted by Crippen LogP contribution is 2.16. The summed E-state index contributed by atoms with van der Waals surface area (Å²) in [5, 5.41) is 9.80. The molecule has 0 bridgehead atoms. The van der Waals surface area contributed by atoms with Gasteiger partial charge in [0.1, 0.15) is 0 Å². The molecule has 3 rings (SSSR count). The Bertz CT molecular complexity index is 970. The molecule has 0 radical (unpaired) electrons. The summed E-state index contributed by atoms with van der Waals surface area (Å²) in [4.78, 5) is 16.9. The highest BCUT2D eigenvalue weighted by Gasteiger charge is 2.11. The van der Waals surface area contributed by atoms with E-state index in [0.29, 0.717) is 16.5 Å². The van der Waals surface area contributed by atoms with Crippen LogP contribution in [0.2, 0.25) is 5.28 Å². The van der Waals surface area contributed by atoms with Gasteiger partial charge in [0.05, 0.1) is 29.1 Å². The zero-order valence-electron chi connectivity index (χ0n) is 11.9. The number of aromatic nitrogens is 2. The molecular weight excluding hydrogens is 298 g/mol. The van der Waals surface area contributed by atoms with E-state index in [1.807, 2.05) is 25.1 Å². The Hall–Kier alpha value is -2.64. The first kappa shape index (κ1) is 14.3. The monoisotopic (exact) mass is 309 g/mol. The van der Waals surface area contributed by atoms with Crippen LogP contribution >= 0.6 is 11.6 Å². The van der Waals surface area contributed by atoms with Crippen LogP contribution in [-0.2, 0) is 6.54 Å². The number of halogens is 1. The van der Waals surface area contributed by atoms with E-state index in [2.05, 4.69) is 11.1 Å². The average Bonchev–Trinajstić information content (AvgIpc) is 2.52. The minimum absolute atomic E-state index is 0.120. The van der Waals surface area contributed by atoms with Gasteiger partial charge < -0.3 is 0 Å². The van der Waals surface area contributed by atoms with Gasteiger partial charge in [0, 0.05) is 0 Å². The molecule has 1 heterocycles. The van der Waals surface area contributed by atoms with Gasteiger partial charge in [-0.1, -0.05) is 29.8 Å². The normalized spacial score (nSPS) is 10.6. The maximum Gasteiger partial charge on any atom is 0.262 e. The Balaban J connectivity index is 2.19.